The molecule has 0 fully saturated rings. The van der Waals surface area contributed by atoms with Crippen molar-refractivity contribution in [1.29, 1.82) is 10.5 Å². The molecule has 0 atom stereocenters. The first kappa shape index (κ1) is 24.8. The molecule has 0 saturated heterocycles. The van der Waals surface area contributed by atoms with Gasteiger partial charge in [0.15, 0.2) is 11.6 Å². The Morgan fingerprint density at radius 1 is 0.625 bits per heavy atom. The topological polar surface area (TPSA) is 85.0 Å². The van der Waals surface area contributed by atoms with Crippen LogP contribution in [0.5, 0.6) is 0 Å². The van der Waals surface area contributed by atoms with Crippen molar-refractivity contribution >= 4 is 46.0 Å². The van der Waals surface area contributed by atoms with Gasteiger partial charge in [-0.1, -0.05) is 30.3 Å². The van der Waals surface area contributed by atoms with Crippen LogP contribution in [0.1, 0.15) is 36.7 Å². The van der Waals surface area contributed by atoms with Gasteiger partial charge in [-0.2, -0.15) is 10.5 Å². The number of thiophene rings is 1. The number of nitriles is 2. The SMILES string of the molecule is N#Cc1ccc(N(c2ccccc2)c2ccc(-c3ccc(/C=C4/C(=O)c5ccc(C#N)cc5C4=O)s3)cc2)cc1. The van der Waals surface area contributed by atoms with Crippen molar-refractivity contribution in [2.24, 2.45) is 0 Å². The summed E-state index contributed by atoms with van der Waals surface area (Å²) >= 11 is 1.50. The normalized spacial score (nSPS) is 13.1. The van der Waals surface area contributed by atoms with Crippen LogP contribution < -0.4 is 4.90 Å². The molecule has 188 valence electrons. The monoisotopic (exact) mass is 533 g/mol. The maximum Gasteiger partial charge on any atom is 0.197 e. The zero-order valence-corrected chi connectivity index (χ0v) is 21.9. The molecular formula is C34H19N3O2S. The lowest BCUT2D eigenvalue weighted by molar-refractivity contribution is 0.0990. The molecule has 0 spiro atoms. The Morgan fingerprint density at radius 2 is 1.23 bits per heavy atom. The predicted octanol–water partition coefficient (Wildman–Crippen LogP) is 8.09. The van der Waals surface area contributed by atoms with Crippen molar-refractivity contribution in [2.75, 3.05) is 4.90 Å². The van der Waals surface area contributed by atoms with Crippen LogP contribution in [0.2, 0.25) is 0 Å². The fourth-order valence-corrected chi connectivity index (χ4v) is 5.69. The Bertz CT molecular complexity index is 1890. The van der Waals surface area contributed by atoms with Crippen LogP contribution in [0.3, 0.4) is 0 Å². The summed E-state index contributed by atoms with van der Waals surface area (Å²) in [4.78, 5) is 29.7. The van der Waals surface area contributed by atoms with Gasteiger partial charge < -0.3 is 4.90 Å². The van der Waals surface area contributed by atoms with E-state index >= 15 is 0 Å². The number of carbonyl (C=O) groups excluding carboxylic acids is 2. The van der Waals surface area contributed by atoms with Crippen LogP contribution >= 0.6 is 11.3 Å². The number of para-hydroxylation sites is 1. The number of carbonyl (C=O) groups is 2. The molecule has 5 aromatic rings. The fraction of sp³-hybridized carbons (Fsp3) is 0. The quantitative estimate of drug-likeness (QED) is 0.168. The zero-order valence-electron chi connectivity index (χ0n) is 21.0. The molecular weight excluding hydrogens is 514 g/mol. The molecule has 0 radical (unpaired) electrons. The number of rotatable bonds is 5. The lowest BCUT2D eigenvalue weighted by Gasteiger charge is -2.25. The van der Waals surface area contributed by atoms with Gasteiger partial charge in [0.2, 0.25) is 0 Å². The molecule has 6 heteroatoms. The van der Waals surface area contributed by atoms with Gasteiger partial charge in [-0.25, -0.2) is 0 Å². The largest absolute Gasteiger partial charge is 0.311 e. The minimum absolute atomic E-state index is 0.120. The number of nitrogens with zero attached hydrogens (tertiary/aromatic N) is 3. The van der Waals surface area contributed by atoms with Gasteiger partial charge in [0.05, 0.1) is 28.8 Å². The van der Waals surface area contributed by atoms with E-state index in [0.29, 0.717) is 16.7 Å². The third-order valence-electron chi connectivity index (χ3n) is 6.72. The number of ketones is 2. The number of Topliss-reactive ketones (excluding diaryl/α,β-unsaturated/α-hetero) is 2. The van der Waals surface area contributed by atoms with Gasteiger partial charge >= 0.3 is 0 Å². The first-order valence-electron chi connectivity index (χ1n) is 12.5. The molecule has 1 aliphatic rings. The third kappa shape index (κ3) is 4.50. The molecule has 0 saturated carbocycles. The Kier molecular flexibility index (Phi) is 6.38. The van der Waals surface area contributed by atoms with Crippen LogP contribution in [0, 0.1) is 22.7 Å². The molecule has 1 heterocycles. The molecule has 1 aromatic heterocycles. The maximum atomic E-state index is 12.9. The summed E-state index contributed by atoms with van der Waals surface area (Å²) in [6, 6.07) is 38.3. The van der Waals surface area contributed by atoms with E-state index in [0.717, 1.165) is 32.4 Å². The second-order valence-corrected chi connectivity index (χ2v) is 10.3. The highest BCUT2D eigenvalue weighted by Crippen LogP contribution is 2.37. The second-order valence-electron chi connectivity index (χ2n) is 9.17. The summed E-state index contributed by atoms with van der Waals surface area (Å²) in [6.07, 6.45) is 1.64. The van der Waals surface area contributed by atoms with Gasteiger partial charge in [-0.15, -0.1) is 11.3 Å². The molecule has 1 aliphatic carbocycles. The molecule has 40 heavy (non-hydrogen) atoms. The standard InChI is InChI=1S/C34H19N3O2S/c35-20-22-6-11-26(12-7-22)37(25-4-2-1-3-5-25)27-13-9-24(10-14-27)32-17-15-28(40-32)19-31-33(38)29-16-8-23(21-36)18-30(29)34(31)39/h1-19H/b31-19-. The summed E-state index contributed by atoms with van der Waals surface area (Å²) in [6.45, 7) is 0. The van der Waals surface area contributed by atoms with Gasteiger partial charge in [-0.3, -0.25) is 9.59 Å². The number of hydrogen-bond acceptors (Lipinski definition) is 6. The zero-order chi connectivity index (χ0) is 27.6. The van der Waals surface area contributed by atoms with Crippen molar-refractivity contribution in [2.45, 2.75) is 0 Å². The second kappa shape index (κ2) is 10.3. The van der Waals surface area contributed by atoms with Gasteiger partial charge in [0.1, 0.15) is 0 Å². The van der Waals surface area contributed by atoms with Crippen LogP contribution in [0.25, 0.3) is 16.5 Å². The Labute approximate surface area is 235 Å². The highest BCUT2D eigenvalue weighted by atomic mass is 32.1. The molecule has 5 nitrogen and oxygen atoms in total. The predicted molar refractivity (Wildman–Crippen MR) is 157 cm³/mol. The van der Waals surface area contributed by atoms with E-state index in [-0.39, 0.29) is 22.7 Å². The highest BCUT2D eigenvalue weighted by Gasteiger charge is 2.33. The van der Waals surface area contributed by atoms with Crippen molar-refractivity contribution in [1.82, 2.24) is 0 Å². The molecule has 4 aromatic carbocycles. The molecule has 0 amide bonds. The number of allylic oxidation sites excluding steroid dienone is 1. The third-order valence-corrected chi connectivity index (χ3v) is 7.80. The fourth-order valence-electron chi connectivity index (χ4n) is 4.74. The average molecular weight is 534 g/mol. The van der Waals surface area contributed by atoms with Crippen LogP contribution in [-0.4, -0.2) is 11.6 Å². The molecule has 0 bridgehead atoms. The lowest BCUT2D eigenvalue weighted by atomic mass is 10.1. The lowest BCUT2D eigenvalue weighted by Crippen LogP contribution is -2.09. The van der Waals surface area contributed by atoms with E-state index in [1.807, 2.05) is 97.1 Å². The first-order valence-corrected chi connectivity index (χ1v) is 13.3. The number of hydrogen-bond donors (Lipinski definition) is 0. The van der Waals surface area contributed by atoms with Crippen LogP contribution in [0.15, 0.2) is 115 Å². The van der Waals surface area contributed by atoms with Crippen LogP contribution in [-0.2, 0) is 0 Å². The molecule has 0 aliphatic heterocycles. The smallest absolute Gasteiger partial charge is 0.197 e. The number of benzene rings is 4. The van der Waals surface area contributed by atoms with Crippen molar-refractivity contribution in [3.8, 4) is 22.6 Å². The van der Waals surface area contributed by atoms with Gasteiger partial charge in [0, 0.05) is 37.9 Å². The van der Waals surface area contributed by atoms with E-state index in [1.54, 1.807) is 18.2 Å². The van der Waals surface area contributed by atoms with E-state index in [9.17, 15) is 14.9 Å². The van der Waals surface area contributed by atoms with E-state index < -0.39 is 0 Å². The summed E-state index contributed by atoms with van der Waals surface area (Å²) in [7, 11) is 0. The molecule has 0 N–H and O–H groups in total. The van der Waals surface area contributed by atoms with E-state index in [4.69, 9.17) is 5.26 Å². The number of anilines is 3. The number of fused-ring (bicyclic) bond motifs is 1. The highest BCUT2D eigenvalue weighted by molar-refractivity contribution is 7.16. The van der Waals surface area contributed by atoms with E-state index in [1.165, 1.54) is 17.4 Å². The summed E-state index contributed by atoms with van der Waals surface area (Å²) in [5, 5.41) is 18.3. The van der Waals surface area contributed by atoms with Crippen molar-refractivity contribution in [3.63, 3.8) is 0 Å². The Balaban J connectivity index is 1.29. The minimum Gasteiger partial charge on any atom is -0.311 e. The summed E-state index contributed by atoms with van der Waals surface area (Å²) in [5.74, 6) is -0.659. The summed E-state index contributed by atoms with van der Waals surface area (Å²) < 4.78 is 0. The Hall–Kier alpha value is -5.56. The average Bonchev–Trinajstić information content (AvgIpc) is 3.57. The molecule has 6 rings (SSSR count). The molecule has 0 unspecified atom stereocenters. The first-order chi connectivity index (χ1) is 19.6. The Morgan fingerprint density at radius 3 is 1.90 bits per heavy atom. The van der Waals surface area contributed by atoms with Crippen molar-refractivity contribution < 1.29 is 9.59 Å². The van der Waals surface area contributed by atoms with Crippen molar-refractivity contribution in [3.05, 3.63) is 142 Å². The maximum absolute atomic E-state index is 12.9. The minimum atomic E-state index is -0.347. The van der Waals surface area contributed by atoms with E-state index in [2.05, 4.69) is 11.0 Å². The van der Waals surface area contributed by atoms with Gasteiger partial charge in [0.25, 0.3) is 0 Å². The van der Waals surface area contributed by atoms with Gasteiger partial charge in [-0.05, 0) is 90.5 Å². The summed E-state index contributed by atoms with van der Waals surface area (Å²) in [5.41, 5.74) is 5.62. The van der Waals surface area contributed by atoms with Crippen LogP contribution in [0.4, 0.5) is 17.1 Å².